The standard InChI is InChI=1S/C25H33Cl2N3O3S/c26-18-13-14-22(21(27)16-18)32-15-7-12-23-28-29-25(33-23)34-17-24(31)30(19-8-3-1-4-9-19)20-10-5-2-6-11-20/h13-14,16,19-20H,1-12,15,17H2. The number of amides is 1. The molecule has 2 aliphatic rings. The molecule has 1 aromatic carbocycles. The van der Waals surface area contributed by atoms with Crippen LogP contribution in [-0.2, 0) is 11.2 Å². The minimum absolute atomic E-state index is 0.219. The lowest BCUT2D eigenvalue weighted by atomic mass is 9.88. The van der Waals surface area contributed by atoms with E-state index in [-0.39, 0.29) is 5.91 Å². The first kappa shape index (κ1) is 25.6. The van der Waals surface area contributed by atoms with Gasteiger partial charge in [-0.2, -0.15) is 0 Å². The van der Waals surface area contributed by atoms with E-state index in [2.05, 4.69) is 15.1 Å². The van der Waals surface area contributed by atoms with E-state index in [1.165, 1.54) is 50.3 Å². The zero-order valence-electron chi connectivity index (χ0n) is 19.5. The van der Waals surface area contributed by atoms with Crippen molar-refractivity contribution < 1.29 is 13.9 Å². The summed E-state index contributed by atoms with van der Waals surface area (Å²) in [5.41, 5.74) is 0. The number of aryl methyl sites for hydroxylation is 1. The summed E-state index contributed by atoms with van der Waals surface area (Å²) < 4.78 is 11.5. The number of ether oxygens (including phenoxy) is 1. The van der Waals surface area contributed by atoms with Crippen LogP contribution in [0.3, 0.4) is 0 Å². The first-order valence-electron chi connectivity index (χ1n) is 12.4. The Morgan fingerprint density at radius 3 is 2.35 bits per heavy atom. The summed E-state index contributed by atoms with van der Waals surface area (Å²) in [5.74, 6) is 1.73. The van der Waals surface area contributed by atoms with Gasteiger partial charge in [0, 0.05) is 23.5 Å². The fourth-order valence-electron chi connectivity index (χ4n) is 5.02. The van der Waals surface area contributed by atoms with Gasteiger partial charge in [0.2, 0.25) is 11.8 Å². The van der Waals surface area contributed by atoms with Gasteiger partial charge in [0.05, 0.1) is 17.4 Å². The Hall–Kier alpha value is -1.44. The third-order valence-corrected chi connectivity index (χ3v) is 8.01. The fraction of sp³-hybridized carbons (Fsp3) is 0.640. The molecule has 4 rings (SSSR count). The topological polar surface area (TPSA) is 68.5 Å². The second kappa shape index (κ2) is 13.0. The van der Waals surface area contributed by atoms with Crippen LogP contribution >= 0.6 is 35.0 Å². The number of benzene rings is 1. The average molecular weight is 527 g/mol. The molecule has 0 unspecified atom stereocenters. The molecule has 2 aliphatic carbocycles. The zero-order valence-corrected chi connectivity index (χ0v) is 21.8. The van der Waals surface area contributed by atoms with Crippen LogP contribution in [0.2, 0.25) is 10.0 Å². The van der Waals surface area contributed by atoms with Gasteiger partial charge in [-0.3, -0.25) is 4.79 Å². The largest absolute Gasteiger partial charge is 0.492 e. The Balaban J connectivity index is 1.24. The molecule has 0 radical (unpaired) electrons. The van der Waals surface area contributed by atoms with E-state index < -0.39 is 0 Å². The van der Waals surface area contributed by atoms with Gasteiger partial charge in [0.25, 0.3) is 5.22 Å². The number of halogens is 2. The smallest absolute Gasteiger partial charge is 0.277 e. The van der Waals surface area contributed by atoms with Crippen molar-refractivity contribution >= 4 is 40.9 Å². The van der Waals surface area contributed by atoms with Gasteiger partial charge < -0.3 is 14.1 Å². The number of aromatic nitrogens is 2. The third-order valence-electron chi connectivity index (χ3n) is 6.68. The van der Waals surface area contributed by atoms with Gasteiger partial charge in [0.1, 0.15) is 5.75 Å². The molecule has 34 heavy (non-hydrogen) atoms. The minimum Gasteiger partial charge on any atom is -0.492 e. The molecule has 0 saturated heterocycles. The highest BCUT2D eigenvalue weighted by molar-refractivity contribution is 7.99. The van der Waals surface area contributed by atoms with Gasteiger partial charge in [0.15, 0.2) is 0 Å². The number of carbonyl (C=O) groups is 1. The quantitative estimate of drug-likeness (QED) is 0.246. The molecule has 0 N–H and O–H groups in total. The first-order valence-corrected chi connectivity index (χ1v) is 14.2. The van der Waals surface area contributed by atoms with Crippen molar-refractivity contribution in [3.8, 4) is 5.75 Å². The number of thioether (sulfide) groups is 1. The van der Waals surface area contributed by atoms with Crippen molar-refractivity contribution in [1.82, 2.24) is 15.1 Å². The maximum Gasteiger partial charge on any atom is 0.277 e. The Kier molecular flexibility index (Phi) is 9.83. The molecule has 0 spiro atoms. The molecule has 2 aromatic rings. The highest BCUT2D eigenvalue weighted by Gasteiger charge is 2.32. The Morgan fingerprint density at radius 2 is 1.71 bits per heavy atom. The molecule has 0 atom stereocenters. The highest BCUT2D eigenvalue weighted by atomic mass is 35.5. The van der Waals surface area contributed by atoms with E-state index in [1.807, 2.05) is 0 Å². The first-order chi connectivity index (χ1) is 16.6. The fourth-order valence-corrected chi connectivity index (χ4v) is 6.13. The van der Waals surface area contributed by atoms with E-state index in [0.717, 1.165) is 25.7 Å². The lowest BCUT2D eigenvalue weighted by Crippen LogP contribution is -2.49. The summed E-state index contributed by atoms with van der Waals surface area (Å²) in [6.45, 7) is 0.475. The molecule has 0 bridgehead atoms. The number of hydrogen-bond donors (Lipinski definition) is 0. The number of rotatable bonds is 10. The average Bonchev–Trinajstić information content (AvgIpc) is 3.31. The van der Waals surface area contributed by atoms with Crippen LogP contribution in [0, 0.1) is 0 Å². The van der Waals surface area contributed by atoms with E-state index in [1.54, 1.807) is 18.2 Å². The normalized spacial score (nSPS) is 17.6. The Morgan fingerprint density at radius 1 is 1.03 bits per heavy atom. The van der Waals surface area contributed by atoms with Crippen molar-refractivity contribution in [3.05, 3.63) is 34.1 Å². The predicted molar refractivity (Wildman–Crippen MR) is 136 cm³/mol. The van der Waals surface area contributed by atoms with Crippen molar-refractivity contribution in [1.29, 1.82) is 0 Å². The van der Waals surface area contributed by atoms with Gasteiger partial charge in [-0.25, -0.2) is 0 Å². The maximum absolute atomic E-state index is 13.3. The molecular formula is C25H33Cl2N3O3S. The Labute approximate surface area is 216 Å². The summed E-state index contributed by atoms with van der Waals surface area (Å²) in [6, 6.07) is 5.96. The van der Waals surface area contributed by atoms with Crippen molar-refractivity contribution in [2.75, 3.05) is 12.4 Å². The minimum atomic E-state index is 0.219. The Bertz CT molecular complexity index is 912. The van der Waals surface area contributed by atoms with Crippen molar-refractivity contribution in [2.24, 2.45) is 0 Å². The van der Waals surface area contributed by atoms with E-state index in [0.29, 0.717) is 64.2 Å². The lowest BCUT2D eigenvalue weighted by molar-refractivity contribution is -0.135. The second-order valence-corrected chi connectivity index (χ2v) is 10.9. The summed E-state index contributed by atoms with van der Waals surface area (Å²) >= 11 is 13.4. The summed E-state index contributed by atoms with van der Waals surface area (Å²) in [6.07, 6.45) is 13.4. The summed E-state index contributed by atoms with van der Waals surface area (Å²) in [5, 5.41) is 9.79. The second-order valence-electron chi connectivity index (χ2n) is 9.16. The van der Waals surface area contributed by atoms with Crippen LogP contribution < -0.4 is 4.74 Å². The van der Waals surface area contributed by atoms with Gasteiger partial charge in [-0.15, -0.1) is 10.2 Å². The molecule has 2 saturated carbocycles. The molecule has 1 heterocycles. The van der Waals surface area contributed by atoms with E-state index >= 15 is 0 Å². The SMILES string of the molecule is O=C(CSc1nnc(CCCOc2ccc(Cl)cc2Cl)o1)N(C1CCCCC1)C1CCCCC1. The molecule has 2 fully saturated rings. The van der Waals surface area contributed by atoms with Crippen LogP contribution in [0.5, 0.6) is 5.75 Å². The maximum atomic E-state index is 13.3. The molecule has 186 valence electrons. The van der Waals surface area contributed by atoms with Crippen molar-refractivity contribution in [2.45, 2.75) is 94.4 Å². The molecule has 9 heteroatoms. The van der Waals surface area contributed by atoms with E-state index in [9.17, 15) is 4.79 Å². The van der Waals surface area contributed by atoms with Crippen LogP contribution in [0.4, 0.5) is 0 Å². The van der Waals surface area contributed by atoms with Gasteiger partial charge >= 0.3 is 0 Å². The van der Waals surface area contributed by atoms with Crippen LogP contribution in [0.25, 0.3) is 0 Å². The van der Waals surface area contributed by atoms with Crippen molar-refractivity contribution in [3.63, 3.8) is 0 Å². The lowest BCUT2D eigenvalue weighted by Gasteiger charge is -2.41. The molecule has 0 aliphatic heterocycles. The summed E-state index contributed by atoms with van der Waals surface area (Å²) in [7, 11) is 0. The van der Waals surface area contributed by atoms with Gasteiger partial charge in [-0.1, -0.05) is 73.5 Å². The highest BCUT2D eigenvalue weighted by Crippen LogP contribution is 2.31. The third kappa shape index (κ3) is 7.28. The monoisotopic (exact) mass is 525 g/mol. The molecular weight excluding hydrogens is 493 g/mol. The summed E-state index contributed by atoms with van der Waals surface area (Å²) in [4.78, 5) is 15.5. The van der Waals surface area contributed by atoms with Crippen LogP contribution in [0.1, 0.15) is 76.5 Å². The predicted octanol–water partition coefficient (Wildman–Crippen LogP) is 6.97. The molecule has 6 nitrogen and oxygen atoms in total. The van der Waals surface area contributed by atoms with Gasteiger partial charge in [-0.05, 0) is 50.3 Å². The van der Waals surface area contributed by atoms with E-state index in [4.69, 9.17) is 32.4 Å². The van der Waals surface area contributed by atoms with Crippen LogP contribution in [-0.4, -0.2) is 45.4 Å². The molecule has 1 aromatic heterocycles. The molecule has 1 amide bonds. The number of nitrogens with zero attached hydrogens (tertiary/aromatic N) is 3. The van der Waals surface area contributed by atoms with Crippen LogP contribution in [0.15, 0.2) is 27.8 Å². The zero-order chi connectivity index (χ0) is 23.8. The number of hydrogen-bond acceptors (Lipinski definition) is 6. The number of carbonyl (C=O) groups excluding carboxylic acids is 1.